The van der Waals surface area contributed by atoms with Crippen molar-refractivity contribution in [2.75, 3.05) is 18.0 Å². The summed E-state index contributed by atoms with van der Waals surface area (Å²) >= 11 is 3.41. The zero-order valence-corrected chi connectivity index (χ0v) is 15.3. The zero-order valence-electron chi connectivity index (χ0n) is 13.7. The van der Waals surface area contributed by atoms with Gasteiger partial charge in [-0.2, -0.15) is 0 Å². The van der Waals surface area contributed by atoms with E-state index in [1.54, 1.807) is 4.90 Å². The van der Waals surface area contributed by atoms with Gasteiger partial charge in [-0.3, -0.25) is 19.3 Å². The Kier molecular flexibility index (Phi) is 4.38. The number of imide groups is 1. The van der Waals surface area contributed by atoms with E-state index >= 15 is 0 Å². The lowest BCUT2D eigenvalue weighted by Crippen LogP contribution is -2.50. The topological polar surface area (TPSA) is 66.9 Å². The number of carbonyl (C=O) groups is 3. The summed E-state index contributed by atoms with van der Waals surface area (Å²) in [6.45, 7) is 4.40. The Balaban J connectivity index is 1.77. The average Bonchev–Trinajstić information content (AvgIpc) is 2.81. The second-order valence-electron chi connectivity index (χ2n) is 6.64. The highest BCUT2D eigenvalue weighted by Gasteiger charge is 2.36. The Morgan fingerprint density at radius 3 is 2.58 bits per heavy atom. The van der Waals surface area contributed by atoms with Crippen LogP contribution < -0.4 is 9.64 Å². The summed E-state index contributed by atoms with van der Waals surface area (Å²) in [6.07, 6.45) is 0.603. The van der Waals surface area contributed by atoms with Crippen LogP contribution in [0.4, 0.5) is 5.69 Å². The van der Waals surface area contributed by atoms with E-state index in [-0.39, 0.29) is 43.5 Å². The third kappa shape index (κ3) is 3.31. The van der Waals surface area contributed by atoms with Gasteiger partial charge in [-0.1, -0.05) is 15.9 Å². The van der Waals surface area contributed by atoms with E-state index in [1.807, 2.05) is 32.0 Å². The highest BCUT2D eigenvalue weighted by atomic mass is 79.9. The van der Waals surface area contributed by atoms with Crippen molar-refractivity contribution in [1.82, 2.24) is 4.90 Å². The zero-order chi connectivity index (χ0) is 17.5. The van der Waals surface area contributed by atoms with E-state index in [0.717, 1.165) is 4.47 Å². The Morgan fingerprint density at radius 2 is 1.92 bits per heavy atom. The largest absolute Gasteiger partial charge is 0.484 e. The first-order valence-electron chi connectivity index (χ1n) is 7.89. The number of likely N-dealkylation sites (tertiary alicyclic amines) is 1. The first-order chi connectivity index (χ1) is 11.3. The standard InChI is InChI=1S/C17H19BrN2O4/c1-17(2)10-20(12-4-3-11(18)9-13(12)24-17)16(23)7-8-19-14(21)5-6-15(19)22/h3-4,9H,5-8,10H2,1-2H3. The SMILES string of the molecule is CC1(C)CN(C(=O)CCN2C(=O)CCC2=O)c2ccc(Br)cc2O1. The molecule has 0 aliphatic carbocycles. The van der Waals surface area contributed by atoms with Gasteiger partial charge in [0, 0.05) is 30.3 Å². The van der Waals surface area contributed by atoms with Gasteiger partial charge in [-0.15, -0.1) is 0 Å². The van der Waals surface area contributed by atoms with E-state index in [4.69, 9.17) is 4.74 Å². The van der Waals surface area contributed by atoms with E-state index in [0.29, 0.717) is 18.0 Å². The van der Waals surface area contributed by atoms with Crippen molar-refractivity contribution in [3.05, 3.63) is 22.7 Å². The number of ether oxygens (including phenoxy) is 1. The van der Waals surface area contributed by atoms with Crippen LogP contribution in [0.3, 0.4) is 0 Å². The molecule has 3 rings (SSSR count). The molecule has 0 bridgehead atoms. The Morgan fingerprint density at radius 1 is 1.25 bits per heavy atom. The molecule has 128 valence electrons. The van der Waals surface area contributed by atoms with E-state index in [9.17, 15) is 14.4 Å². The van der Waals surface area contributed by atoms with Crippen LogP contribution in [0.5, 0.6) is 5.75 Å². The van der Waals surface area contributed by atoms with Crippen molar-refractivity contribution in [2.24, 2.45) is 0 Å². The smallest absolute Gasteiger partial charge is 0.229 e. The number of benzene rings is 1. The number of halogens is 1. The van der Waals surface area contributed by atoms with Gasteiger partial charge in [-0.05, 0) is 32.0 Å². The molecular weight excluding hydrogens is 376 g/mol. The van der Waals surface area contributed by atoms with Crippen molar-refractivity contribution >= 4 is 39.3 Å². The number of hydrogen-bond acceptors (Lipinski definition) is 4. The quantitative estimate of drug-likeness (QED) is 0.738. The van der Waals surface area contributed by atoms with Crippen LogP contribution in [0.15, 0.2) is 22.7 Å². The highest BCUT2D eigenvalue weighted by molar-refractivity contribution is 9.10. The third-order valence-corrected chi connectivity index (χ3v) is 4.64. The van der Waals surface area contributed by atoms with Gasteiger partial charge in [0.05, 0.1) is 12.2 Å². The molecule has 24 heavy (non-hydrogen) atoms. The molecule has 1 fully saturated rings. The molecular formula is C17H19BrN2O4. The maximum Gasteiger partial charge on any atom is 0.229 e. The summed E-state index contributed by atoms with van der Waals surface area (Å²) in [7, 11) is 0. The van der Waals surface area contributed by atoms with E-state index in [2.05, 4.69) is 15.9 Å². The molecule has 0 N–H and O–H groups in total. The van der Waals surface area contributed by atoms with E-state index in [1.165, 1.54) is 4.90 Å². The molecule has 2 heterocycles. The van der Waals surface area contributed by atoms with Crippen molar-refractivity contribution in [3.8, 4) is 5.75 Å². The molecule has 1 aromatic rings. The molecule has 7 heteroatoms. The van der Waals surface area contributed by atoms with Crippen LogP contribution in [-0.2, 0) is 14.4 Å². The number of nitrogens with zero attached hydrogens (tertiary/aromatic N) is 2. The fraction of sp³-hybridized carbons (Fsp3) is 0.471. The summed E-state index contributed by atoms with van der Waals surface area (Å²) in [5.41, 5.74) is 0.199. The number of carbonyl (C=O) groups excluding carboxylic acids is 3. The third-order valence-electron chi connectivity index (χ3n) is 4.14. The molecule has 3 amide bonds. The van der Waals surface area contributed by atoms with Gasteiger partial charge in [0.1, 0.15) is 11.4 Å². The molecule has 1 saturated heterocycles. The number of rotatable bonds is 3. The lowest BCUT2D eigenvalue weighted by atomic mass is 10.0. The predicted octanol–water partition coefficient (Wildman–Crippen LogP) is 2.49. The first kappa shape index (κ1) is 17.0. The maximum atomic E-state index is 12.7. The van der Waals surface area contributed by atoms with Crippen LogP contribution in [0, 0.1) is 0 Å². The highest BCUT2D eigenvalue weighted by Crippen LogP contribution is 2.39. The van der Waals surface area contributed by atoms with Crippen LogP contribution in [0.25, 0.3) is 0 Å². The molecule has 1 aromatic carbocycles. The first-order valence-corrected chi connectivity index (χ1v) is 8.68. The Labute approximate surface area is 148 Å². The number of anilines is 1. The summed E-state index contributed by atoms with van der Waals surface area (Å²) in [5, 5.41) is 0. The van der Waals surface area contributed by atoms with Crippen molar-refractivity contribution in [2.45, 2.75) is 38.7 Å². The van der Waals surface area contributed by atoms with Crippen LogP contribution in [-0.4, -0.2) is 41.3 Å². The maximum absolute atomic E-state index is 12.7. The van der Waals surface area contributed by atoms with Crippen molar-refractivity contribution < 1.29 is 19.1 Å². The van der Waals surface area contributed by atoms with Gasteiger partial charge in [0.25, 0.3) is 0 Å². The van der Waals surface area contributed by atoms with Crippen LogP contribution in [0.1, 0.15) is 33.1 Å². The normalized spacial score (nSPS) is 19.3. The number of hydrogen-bond donors (Lipinski definition) is 0. The predicted molar refractivity (Wildman–Crippen MR) is 91.8 cm³/mol. The molecule has 0 spiro atoms. The number of fused-ring (bicyclic) bond motifs is 1. The monoisotopic (exact) mass is 394 g/mol. The number of amides is 3. The molecule has 2 aliphatic rings. The minimum absolute atomic E-state index is 0.114. The minimum Gasteiger partial charge on any atom is -0.484 e. The molecule has 0 saturated carbocycles. The average molecular weight is 395 g/mol. The second-order valence-corrected chi connectivity index (χ2v) is 7.56. The Bertz CT molecular complexity index is 701. The van der Waals surface area contributed by atoms with Crippen LogP contribution in [0.2, 0.25) is 0 Å². The molecule has 0 unspecified atom stereocenters. The summed E-state index contributed by atoms with van der Waals surface area (Å²) < 4.78 is 6.82. The van der Waals surface area contributed by atoms with Gasteiger partial charge < -0.3 is 9.64 Å². The van der Waals surface area contributed by atoms with Gasteiger partial charge >= 0.3 is 0 Å². The van der Waals surface area contributed by atoms with Gasteiger partial charge in [-0.25, -0.2) is 0 Å². The Hall–Kier alpha value is -1.89. The van der Waals surface area contributed by atoms with Crippen molar-refractivity contribution in [1.29, 1.82) is 0 Å². The minimum atomic E-state index is -0.511. The fourth-order valence-electron chi connectivity index (χ4n) is 3.03. The van der Waals surface area contributed by atoms with Gasteiger partial charge in [0.15, 0.2) is 0 Å². The van der Waals surface area contributed by atoms with Crippen molar-refractivity contribution in [3.63, 3.8) is 0 Å². The molecule has 0 atom stereocenters. The fourth-order valence-corrected chi connectivity index (χ4v) is 3.37. The van der Waals surface area contributed by atoms with E-state index < -0.39 is 5.60 Å². The van der Waals surface area contributed by atoms with Crippen LogP contribution >= 0.6 is 15.9 Å². The molecule has 0 aromatic heterocycles. The molecule has 0 radical (unpaired) electrons. The summed E-state index contributed by atoms with van der Waals surface area (Å²) in [5.74, 6) is 0.128. The summed E-state index contributed by atoms with van der Waals surface area (Å²) in [6, 6.07) is 5.52. The lowest BCUT2D eigenvalue weighted by Gasteiger charge is -2.40. The second kappa shape index (κ2) is 6.20. The molecule has 2 aliphatic heterocycles. The molecule has 6 nitrogen and oxygen atoms in total. The lowest BCUT2D eigenvalue weighted by molar-refractivity contribution is -0.138. The van der Waals surface area contributed by atoms with Gasteiger partial charge in [0.2, 0.25) is 17.7 Å². The summed E-state index contributed by atoms with van der Waals surface area (Å²) in [4.78, 5) is 38.9.